The third kappa shape index (κ3) is 22.3. The number of imidazole rings is 4. The molecule has 68 heteroatoms. The van der Waals surface area contributed by atoms with Crippen LogP contribution in [0.25, 0.3) is 44.7 Å². The summed E-state index contributed by atoms with van der Waals surface area (Å²) >= 11 is 32.6. The van der Waals surface area contributed by atoms with Gasteiger partial charge in [0.2, 0.25) is 11.9 Å². The fourth-order valence-electron chi connectivity index (χ4n) is 16.8. The molecule has 17 rings (SSSR count). The highest BCUT2D eigenvalue weighted by atomic mass is 32.7. The van der Waals surface area contributed by atoms with E-state index in [1.807, 2.05) is 0 Å². The lowest BCUT2D eigenvalue weighted by Gasteiger charge is -2.35. The van der Waals surface area contributed by atoms with Crippen molar-refractivity contribution in [1.29, 1.82) is 0 Å². The van der Waals surface area contributed by atoms with Crippen LogP contribution in [0.15, 0.2) is 79.1 Å². The summed E-state index contributed by atoms with van der Waals surface area (Å²) in [7, 11) is 0. The minimum atomic E-state index is -4.74. The van der Waals surface area contributed by atoms with Gasteiger partial charge in [0.25, 0.3) is 22.2 Å². The van der Waals surface area contributed by atoms with Gasteiger partial charge in [-0.3, -0.25) is 80.1 Å². The first kappa shape index (κ1) is 102. The quantitative estimate of drug-likeness (QED) is 0.0148. The molecule has 0 aromatic carbocycles. The van der Waals surface area contributed by atoms with Crippen molar-refractivity contribution >= 4 is 180 Å². The number of aromatic amines is 4. The molecule has 7 saturated heterocycles. The number of anilines is 4. The van der Waals surface area contributed by atoms with Crippen molar-refractivity contribution < 1.29 is 122 Å². The fourth-order valence-corrected chi connectivity index (χ4v) is 25.8. The number of unbranched alkanes of at least 4 members (excludes halogenated alkanes) is 4. The second-order valence-electron chi connectivity index (χ2n) is 32.6. The molecule has 18 N–H and O–H groups in total. The van der Waals surface area contributed by atoms with Gasteiger partial charge in [-0.05, 0) is 86.2 Å². The number of rotatable bonds is 41. The summed E-state index contributed by atoms with van der Waals surface area (Å²) in [4.78, 5) is 190. The van der Waals surface area contributed by atoms with Gasteiger partial charge in [-0.25, -0.2) is 54.0 Å². The Balaban J connectivity index is 0.592. The van der Waals surface area contributed by atoms with E-state index in [0.29, 0.717) is 6.42 Å². The van der Waals surface area contributed by atoms with E-state index >= 15 is 0 Å². The van der Waals surface area contributed by atoms with E-state index in [4.69, 9.17) is 169 Å². The first-order chi connectivity index (χ1) is 64.9. The van der Waals surface area contributed by atoms with Gasteiger partial charge in [0.1, 0.15) is 109 Å². The van der Waals surface area contributed by atoms with Crippen molar-refractivity contribution in [2.24, 2.45) is 0 Å². The Hall–Kier alpha value is -6.81. The minimum absolute atomic E-state index is 0.0274. The van der Waals surface area contributed by atoms with Crippen LogP contribution in [0.4, 0.5) is 23.5 Å². The summed E-state index contributed by atoms with van der Waals surface area (Å²) < 4.78 is 140. The molecule has 17 heterocycles. The Labute approximate surface area is 800 Å². The first-order valence-electron chi connectivity index (χ1n) is 42.0. The maximum Gasteiger partial charge on any atom is 0.386 e. The number of nitrogens with zero attached hydrogens (tertiary/aromatic N) is 16. The molecule has 7 aliphatic heterocycles. The summed E-state index contributed by atoms with van der Waals surface area (Å²) in [6.45, 7) is -25.2. The monoisotopic (exact) mass is 2150 g/mol. The highest BCUT2D eigenvalue weighted by Gasteiger charge is 2.68. The summed E-state index contributed by atoms with van der Waals surface area (Å²) in [5.74, 6) is -0.511. The topological polar surface area (TPSA) is 742 Å². The number of aromatic nitrogens is 20. The van der Waals surface area contributed by atoms with Crippen LogP contribution in [0.1, 0.15) is 127 Å². The number of H-pyrrole nitrogens is 4. The Kier molecular flexibility index (Phi) is 30.3. The SMILES string of the molecule is CCCCCCCOP(O)(=S)O[C@@H]1C[C@H](n2cc(C)c(=O)[nH]c2=O)O[C@@H]1COP(=O)(S)O[C@@H]1C[C@H](n2cnc3c(=O)[nH]c(N)nc32)O[C@@H]1COP(O)(=S)O[C@@H]1C[C@H](n2cc(C)c(=O)[nH]c2=O)O[C@@H]1COP(O)(=S)OC1C[C@H](n2cnc3c(=O)[nH]c(N)nc32)O[C@@H]1COP(O)(=S)OC1C[C@H](n2cnc3c(N)ncnc32)O[C@@H]1COP(O)(=S)OC1C2O[C@@H](C)[C@]1(CO)O[C@H]2n1cnc2c(N)ncnc21. The van der Waals surface area contributed by atoms with Gasteiger partial charge in [-0.15, -0.1) is 0 Å². The van der Waals surface area contributed by atoms with Gasteiger partial charge in [0.15, 0.2) is 51.5 Å². The number of hydrogen-bond acceptors (Lipinski definition) is 46. The molecule has 10 aromatic heterocycles. The van der Waals surface area contributed by atoms with Crippen molar-refractivity contribution in [1.82, 2.24) is 97.2 Å². The number of aliphatic hydroxyl groups excluding tert-OH is 1. The zero-order chi connectivity index (χ0) is 97.5. The largest absolute Gasteiger partial charge is 0.393 e. The zero-order valence-electron chi connectivity index (χ0n) is 72.0. The van der Waals surface area contributed by atoms with E-state index in [1.165, 1.54) is 82.5 Å². The van der Waals surface area contributed by atoms with E-state index in [1.54, 1.807) is 6.92 Å². The molecule has 137 heavy (non-hydrogen) atoms. The van der Waals surface area contributed by atoms with Gasteiger partial charge >= 0.3 is 51.8 Å². The number of nitrogen functional groups attached to an aromatic ring is 4. The van der Waals surface area contributed by atoms with Crippen LogP contribution in [0.2, 0.25) is 0 Å². The second-order valence-corrected chi connectivity index (χ2v) is 49.5. The maximum absolute atomic E-state index is 14.8. The van der Waals surface area contributed by atoms with Crippen molar-refractivity contribution in [3.05, 3.63) is 124 Å². The Morgan fingerprint density at radius 1 is 0.453 bits per heavy atom. The maximum atomic E-state index is 14.8. The molecular formula is C69H92N24O32P6S6. The zero-order valence-corrected chi connectivity index (χ0v) is 82.4. The van der Waals surface area contributed by atoms with E-state index in [2.05, 4.69) is 88.9 Å². The minimum Gasteiger partial charge on any atom is -0.393 e. The third-order valence-electron chi connectivity index (χ3n) is 23.5. The molecule has 0 aliphatic carbocycles. The number of nitrogens with two attached hydrogens (primary N) is 4. The molecule has 10 unspecified atom stereocenters. The summed E-state index contributed by atoms with van der Waals surface area (Å²) in [6.07, 6.45) is -11.4. The molecule has 7 fully saturated rings. The molecule has 26 atom stereocenters. The van der Waals surface area contributed by atoms with Crippen molar-refractivity contribution in [2.45, 2.75) is 214 Å². The number of ether oxygens (including phenoxy) is 7. The van der Waals surface area contributed by atoms with E-state index in [0.717, 1.165) is 34.8 Å². The van der Waals surface area contributed by atoms with Crippen LogP contribution in [-0.4, -0.2) is 258 Å². The molecule has 746 valence electrons. The van der Waals surface area contributed by atoms with Crippen LogP contribution in [0.5, 0.6) is 0 Å². The predicted octanol–water partition coefficient (Wildman–Crippen LogP) is 1.97. The number of thiol groups is 1. The molecule has 0 saturated carbocycles. The molecule has 56 nitrogen and oxygen atoms in total. The fraction of sp³-hybridized carbons (Fsp3) is 0.594. The average Bonchev–Trinajstić information content (AvgIpc) is 1.54. The predicted molar refractivity (Wildman–Crippen MR) is 496 cm³/mol. The number of aliphatic hydroxyl groups is 1. The standard InChI is InChI=1S/C69H92N24O32P6S6/c1-5-6-7-8-9-10-107-126(101,132)120-33-11-43(88-16-30(2)60(95)86-67(88)99)114-38(33)18-108-128(103,134)123-36-14-46(91-27-80-50-58(91)82-65(72)84-62(50)97)117-40(36)20-110-127(102,133)121-34-12-44(89-17-31(3)61(96)87-68(89)100)115-39(34)19-109-129(104,135)124-37-15-47(92-28-81-51-59(92)83-66(73)85-63(51)98)118-41(37)21-111-130(105,136)122-35-13-45(90-26-78-48-54(70)74-24-76-56(48)90)116-42(35)22-112-131(106,137)125-53-52-64(119-69(53,23-94)32(4)113-52)93-29-79-49-55(71)75-25-77-57(49)93/h16-17,24-29,32-47,52-53,64,94H,5-15,18-23H2,1-4H3,(H,101,132)(H,102,133)(H,103,134)(H,104,135)(H,105,136)(H,106,137)(H2,70,74,76)(H2,71,75,77)(H,86,95,99)(H,87,96,100)(H3,72,82,84,97)(H3,73,83,85,98)/t32-,33+,34+,35?,36+,37?,38+,39+,40+,41+,42+,43+,44+,45+,46+,47+,52?,53?,64+,69-,126?,127?,128?,129?,130?,131?/m0/s1. The van der Waals surface area contributed by atoms with Crippen LogP contribution < -0.4 is 56.6 Å². The van der Waals surface area contributed by atoms with Crippen molar-refractivity contribution in [2.75, 3.05) is 69.2 Å². The summed E-state index contributed by atoms with van der Waals surface area (Å²) in [5, 5.41) is 11.0. The number of hydrogen-bond donors (Lipinski definition) is 15. The molecule has 10 aromatic rings. The lowest BCUT2D eigenvalue weighted by Crippen LogP contribution is -2.50. The second kappa shape index (κ2) is 40.8. The lowest BCUT2D eigenvalue weighted by atomic mass is 9.94. The molecule has 0 spiro atoms. The molecule has 0 radical (unpaired) electrons. The Morgan fingerprint density at radius 2 is 0.810 bits per heavy atom. The van der Waals surface area contributed by atoms with Crippen molar-refractivity contribution in [3.8, 4) is 0 Å². The lowest BCUT2D eigenvalue weighted by molar-refractivity contribution is -0.216. The number of aryl methyl sites for hydroxylation is 2. The average molecular weight is 2150 g/mol. The first-order valence-corrected chi connectivity index (χ1v) is 57.7. The van der Waals surface area contributed by atoms with Gasteiger partial charge < -0.3 is 126 Å². The summed E-state index contributed by atoms with van der Waals surface area (Å²) in [5.41, 5.74) is 18.6. The van der Waals surface area contributed by atoms with E-state index < -0.39 is 242 Å². The normalized spacial score (nSPS) is 30.0. The van der Waals surface area contributed by atoms with Gasteiger partial charge in [0.05, 0.1) is 102 Å². The van der Waals surface area contributed by atoms with Crippen molar-refractivity contribution in [3.63, 3.8) is 0 Å². The Morgan fingerprint density at radius 3 is 1.23 bits per heavy atom. The summed E-state index contributed by atoms with van der Waals surface area (Å²) in [6, 6.07) is 0. The Bertz CT molecular complexity index is 6920. The number of fused-ring (bicyclic) bond motifs is 6. The van der Waals surface area contributed by atoms with Gasteiger partial charge in [-0.1, -0.05) is 44.9 Å². The molecule has 2 bridgehead atoms. The van der Waals surface area contributed by atoms with Gasteiger partial charge in [-0.2, -0.15) is 9.97 Å². The van der Waals surface area contributed by atoms with E-state index in [-0.39, 0.29) is 112 Å². The highest BCUT2D eigenvalue weighted by Crippen LogP contribution is 2.61. The van der Waals surface area contributed by atoms with Gasteiger partial charge in [0, 0.05) is 55.6 Å². The van der Waals surface area contributed by atoms with Crippen LogP contribution >= 0.6 is 52.6 Å². The van der Waals surface area contributed by atoms with E-state index in [9.17, 15) is 62.9 Å². The van der Waals surface area contributed by atoms with Crippen LogP contribution in [0, 0.1) is 13.8 Å². The highest BCUT2D eigenvalue weighted by molar-refractivity contribution is 8.44. The van der Waals surface area contributed by atoms with Crippen LogP contribution in [0.3, 0.4) is 0 Å². The number of nitrogens with one attached hydrogen (secondary N) is 4. The molecule has 7 aliphatic rings. The smallest absolute Gasteiger partial charge is 0.386 e. The van der Waals surface area contributed by atoms with Crippen LogP contribution in [-0.2, 0) is 151 Å². The molecular weight excluding hydrogens is 2060 g/mol. The third-order valence-corrected chi connectivity index (χ3v) is 33.1. The molecule has 0 amide bonds.